The summed E-state index contributed by atoms with van der Waals surface area (Å²) >= 11 is 0. The highest BCUT2D eigenvalue weighted by atomic mass is 16.5. The number of rotatable bonds is 21. The molecule has 0 heterocycles. The smallest absolute Gasteiger partial charge is 0.309 e. The molecule has 4 nitrogen and oxygen atoms in total. The molecule has 1 aliphatic carbocycles. The van der Waals surface area contributed by atoms with Gasteiger partial charge in [-0.15, -0.1) is 0 Å². The normalized spacial score (nSPS) is 19.3. The number of carboxylic acids is 1. The second-order valence-electron chi connectivity index (χ2n) is 12.1. The molecule has 1 N–H and O–H groups in total. The third kappa shape index (κ3) is 17.1. The highest BCUT2D eigenvalue weighted by Gasteiger charge is 2.32. The van der Waals surface area contributed by atoms with Gasteiger partial charge in [-0.25, -0.2) is 0 Å². The molecule has 1 rings (SSSR count). The number of carbonyl (C=O) groups excluding carboxylic acids is 1. The van der Waals surface area contributed by atoms with Crippen LogP contribution in [0.4, 0.5) is 0 Å². The summed E-state index contributed by atoms with van der Waals surface area (Å²) in [7, 11) is 0. The Morgan fingerprint density at radius 2 is 1.06 bits per heavy atom. The lowest BCUT2D eigenvalue weighted by Gasteiger charge is -2.27. The number of carbonyl (C=O) groups is 2. The summed E-state index contributed by atoms with van der Waals surface area (Å²) in [6.45, 7) is 9.17. The van der Waals surface area contributed by atoms with Crippen molar-refractivity contribution in [3.63, 3.8) is 0 Å². The zero-order valence-corrected chi connectivity index (χ0v) is 23.7. The van der Waals surface area contributed by atoms with Crippen molar-refractivity contribution >= 4 is 11.9 Å². The van der Waals surface area contributed by atoms with Gasteiger partial charge in [0, 0.05) is 0 Å². The fraction of sp³-hybridized carbons (Fsp3) is 0.935. The minimum atomic E-state index is -0.764. The fourth-order valence-electron chi connectivity index (χ4n) is 5.41. The van der Waals surface area contributed by atoms with E-state index >= 15 is 0 Å². The van der Waals surface area contributed by atoms with Gasteiger partial charge in [-0.1, -0.05) is 111 Å². The number of ether oxygens (including phenoxy) is 1. The monoisotopic (exact) mass is 494 g/mol. The first-order valence-electron chi connectivity index (χ1n) is 15.2. The Bertz CT molecular complexity index is 542. The van der Waals surface area contributed by atoms with Gasteiger partial charge in [0.1, 0.15) is 6.10 Å². The van der Waals surface area contributed by atoms with E-state index in [-0.39, 0.29) is 23.9 Å². The molecule has 0 aromatic carbocycles. The molecule has 3 atom stereocenters. The van der Waals surface area contributed by atoms with E-state index in [9.17, 15) is 14.7 Å². The summed E-state index contributed by atoms with van der Waals surface area (Å²) < 4.78 is 6.02. The summed E-state index contributed by atoms with van der Waals surface area (Å²) in [5.41, 5.74) is 0. The highest BCUT2D eigenvalue weighted by Crippen LogP contribution is 2.31. The Labute approximate surface area is 217 Å². The number of unbranched alkanes of at least 4 members (excludes halogenated alkanes) is 10. The van der Waals surface area contributed by atoms with Gasteiger partial charge in [0.05, 0.1) is 11.8 Å². The predicted octanol–water partition coefficient (Wildman–Crippen LogP) is 9.34. The van der Waals surface area contributed by atoms with Crippen molar-refractivity contribution in [2.45, 2.75) is 162 Å². The van der Waals surface area contributed by atoms with E-state index in [1.807, 2.05) is 0 Å². The van der Waals surface area contributed by atoms with Crippen molar-refractivity contribution in [3.05, 3.63) is 0 Å². The topological polar surface area (TPSA) is 63.6 Å². The lowest BCUT2D eigenvalue weighted by Crippen LogP contribution is -2.31. The maximum Gasteiger partial charge on any atom is 0.309 e. The average molecular weight is 495 g/mol. The van der Waals surface area contributed by atoms with Crippen LogP contribution < -0.4 is 0 Å². The summed E-state index contributed by atoms with van der Waals surface area (Å²) in [5, 5.41) is 9.36. The Morgan fingerprint density at radius 3 is 1.49 bits per heavy atom. The van der Waals surface area contributed by atoms with Gasteiger partial charge in [0.2, 0.25) is 0 Å². The first kappa shape index (κ1) is 32.0. The number of esters is 1. The fourth-order valence-corrected chi connectivity index (χ4v) is 5.41. The molecule has 0 aromatic heterocycles. The SMILES string of the molecule is CC(C)CCCCCCCCCCC(CCCCCCC(C)C)OC(=O)C1CCCC(C(=O)O)C1. The molecule has 4 heteroatoms. The minimum absolute atomic E-state index is 0.00818. The third-order valence-corrected chi connectivity index (χ3v) is 7.75. The van der Waals surface area contributed by atoms with Gasteiger partial charge in [0.15, 0.2) is 0 Å². The molecule has 0 amide bonds. The lowest BCUT2D eigenvalue weighted by atomic mass is 9.81. The Morgan fingerprint density at radius 1 is 0.657 bits per heavy atom. The number of hydrogen-bond acceptors (Lipinski definition) is 3. The van der Waals surface area contributed by atoms with Crippen LogP contribution in [0.5, 0.6) is 0 Å². The van der Waals surface area contributed by atoms with Crippen LogP contribution in [0.2, 0.25) is 0 Å². The molecule has 1 fully saturated rings. The molecule has 0 saturated heterocycles. The van der Waals surface area contributed by atoms with Crippen molar-refractivity contribution in [1.29, 1.82) is 0 Å². The van der Waals surface area contributed by atoms with Crippen molar-refractivity contribution in [1.82, 2.24) is 0 Å². The van der Waals surface area contributed by atoms with Crippen LogP contribution in [-0.4, -0.2) is 23.1 Å². The molecule has 1 aliphatic rings. The number of hydrogen-bond donors (Lipinski definition) is 1. The van der Waals surface area contributed by atoms with Crippen LogP contribution in [0.3, 0.4) is 0 Å². The van der Waals surface area contributed by atoms with Gasteiger partial charge < -0.3 is 9.84 Å². The van der Waals surface area contributed by atoms with E-state index in [1.54, 1.807) is 0 Å². The molecule has 1 saturated carbocycles. The van der Waals surface area contributed by atoms with Crippen LogP contribution in [0.1, 0.15) is 156 Å². The first-order chi connectivity index (χ1) is 16.8. The van der Waals surface area contributed by atoms with E-state index in [0.29, 0.717) is 12.8 Å². The van der Waals surface area contributed by atoms with Crippen LogP contribution in [0, 0.1) is 23.7 Å². The Balaban J connectivity index is 2.33. The van der Waals surface area contributed by atoms with Gasteiger partial charge in [-0.3, -0.25) is 9.59 Å². The van der Waals surface area contributed by atoms with Crippen molar-refractivity contribution in [2.24, 2.45) is 23.7 Å². The maximum absolute atomic E-state index is 12.9. The van der Waals surface area contributed by atoms with Gasteiger partial charge in [0.25, 0.3) is 0 Å². The number of carboxylic acid groups (broad SMARTS) is 1. The first-order valence-corrected chi connectivity index (χ1v) is 15.2. The lowest BCUT2D eigenvalue weighted by molar-refractivity contribution is -0.158. The maximum atomic E-state index is 12.9. The van der Waals surface area contributed by atoms with Crippen LogP contribution in [0.25, 0.3) is 0 Å². The Kier molecular flexibility index (Phi) is 18.3. The van der Waals surface area contributed by atoms with E-state index in [0.717, 1.165) is 50.4 Å². The average Bonchev–Trinajstić information content (AvgIpc) is 2.81. The molecule has 0 aliphatic heterocycles. The second-order valence-corrected chi connectivity index (χ2v) is 12.1. The van der Waals surface area contributed by atoms with Gasteiger partial charge in [-0.05, 0) is 56.8 Å². The molecule has 3 unspecified atom stereocenters. The quantitative estimate of drug-likeness (QED) is 0.127. The largest absolute Gasteiger partial charge is 0.481 e. The van der Waals surface area contributed by atoms with E-state index in [2.05, 4.69) is 27.7 Å². The summed E-state index contributed by atoms with van der Waals surface area (Å²) in [6.07, 6.45) is 22.6. The number of aliphatic carboxylic acids is 1. The second kappa shape index (κ2) is 20.0. The molecule has 0 spiro atoms. The standard InChI is InChI=1S/C31H58O4/c1-25(2)18-13-9-7-5-6-8-10-15-22-29(23-16-12-11-14-19-26(3)4)35-31(34)28-21-17-20-27(24-28)30(32)33/h25-29H,5-24H2,1-4H3,(H,32,33). The van der Waals surface area contributed by atoms with Crippen LogP contribution in [-0.2, 0) is 14.3 Å². The molecular weight excluding hydrogens is 436 g/mol. The molecule has 0 bridgehead atoms. The molecule has 0 radical (unpaired) electrons. The molecule has 206 valence electrons. The van der Waals surface area contributed by atoms with E-state index < -0.39 is 5.97 Å². The summed E-state index contributed by atoms with van der Waals surface area (Å²) in [5.74, 6) is 0.0883. The zero-order chi connectivity index (χ0) is 25.9. The van der Waals surface area contributed by atoms with Crippen molar-refractivity contribution in [3.8, 4) is 0 Å². The highest BCUT2D eigenvalue weighted by molar-refractivity contribution is 5.75. The van der Waals surface area contributed by atoms with E-state index in [4.69, 9.17) is 4.74 Å². The molecule has 0 aromatic rings. The predicted molar refractivity (Wildman–Crippen MR) is 147 cm³/mol. The molecular formula is C31H58O4. The van der Waals surface area contributed by atoms with Crippen molar-refractivity contribution < 1.29 is 19.4 Å². The van der Waals surface area contributed by atoms with Crippen LogP contribution in [0.15, 0.2) is 0 Å². The van der Waals surface area contributed by atoms with Gasteiger partial charge >= 0.3 is 11.9 Å². The summed E-state index contributed by atoms with van der Waals surface area (Å²) in [4.78, 5) is 24.3. The van der Waals surface area contributed by atoms with Gasteiger partial charge in [-0.2, -0.15) is 0 Å². The minimum Gasteiger partial charge on any atom is -0.481 e. The molecule has 35 heavy (non-hydrogen) atoms. The summed E-state index contributed by atoms with van der Waals surface area (Å²) in [6, 6.07) is 0. The zero-order valence-electron chi connectivity index (χ0n) is 23.7. The van der Waals surface area contributed by atoms with Crippen molar-refractivity contribution in [2.75, 3.05) is 0 Å². The Hall–Kier alpha value is -1.06. The third-order valence-electron chi connectivity index (χ3n) is 7.75. The van der Waals surface area contributed by atoms with Crippen LogP contribution >= 0.6 is 0 Å². The van der Waals surface area contributed by atoms with E-state index in [1.165, 1.54) is 77.0 Å².